The first-order valence-corrected chi connectivity index (χ1v) is 8.34. The van der Waals surface area contributed by atoms with Crippen molar-refractivity contribution in [1.29, 1.82) is 0 Å². The number of rotatable bonds is 7. The van der Waals surface area contributed by atoms with Crippen LogP contribution in [0.5, 0.6) is 11.5 Å². The molecule has 1 heterocycles. The molecule has 0 bridgehead atoms. The highest BCUT2D eigenvalue weighted by molar-refractivity contribution is 5.91. The summed E-state index contributed by atoms with van der Waals surface area (Å²) in [6, 6.07) is 18.8. The van der Waals surface area contributed by atoms with Crippen LogP contribution in [0.1, 0.15) is 27.4 Å². The van der Waals surface area contributed by atoms with Gasteiger partial charge in [0.2, 0.25) is 0 Å². The average molecular weight is 351 g/mol. The summed E-state index contributed by atoms with van der Waals surface area (Å²) in [5.41, 5.74) is 2.20. The normalized spacial score (nSPS) is 10.4. The third-order valence-electron chi connectivity index (χ3n) is 3.86. The summed E-state index contributed by atoms with van der Waals surface area (Å²) in [6.07, 6.45) is 0. The first-order valence-electron chi connectivity index (χ1n) is 8.34. The third-order valence-corrected chi connectivity index (χ3v) is 3.86. The molecule has 2 aromatic carbocycles. The molecule has 1 aromatic heterocycles. The van der Waals surface area contributed by atoms with E-state index in [-0.39, 0.29) is 18.3 Å². The minimum atomic E-state index is -0.255. The molecule has 0 spiro atoms. The molecule has 1 amide bonds. The number of carbonyl (C=O) groups excluding carboxylic acids is 1. The van der Waals surface area contributed by atoms with Gasteiger partial charge in [0.15, 0.2) is 17.3 Å². The predicted octanol–water partition coefficient (Wildman–Crippen LogP) is 4.11. The molecule has 3 rings (SSSR count). The SMILES string of the molecule is COc1ccccc1OCc1ccc(C(=O)NCc2cccc(C)c2)o1. The standard InChI is InChI=1S/C21H21NO4/c1-15-6-5-7-16(12-15)13-22-21(23)20-11-10-17(26-20)14-25-19-9-4-3-8-18(19)24-2/h3-12H,13-14H2,1-2H3,(H,22,23). The number of nitrogens with one attached hydrogen (secondary N) is 1. The van der Waals surface area contributed by atoms with Crippen molar-refractivity contribution in [1.82, 2.24) is 5.32 Å². The first-order chi connectivity index (χ1) is 12.7. The lowest BCUT2D eigenvalue weighted by atomic mass is 10.1. The summed E-state index contributed by atoms with van der Waals surface area (Å²) < 4.78 is 16.5. The molecular weight excluding hydrogens is 330 g/mol. The van der Waals surface area contributed by atoms with Gasteiger partial charge < -0.3 is 19.2 Å². The largest absolute Gasteiger partial charge is 0.493 e. The summed E-state index contributed by atoms with van der Waals surface area (Å²) >= 11 is 0. The van der Waals surface area contributed by atoms with Crippen LogP contribution in [0.25, 0.3) is 0 Å². The fraction of sp³-hybridized carbons (Fsp3) is 0.190. The summed E-state index contributed by atoms with van der Waals surface area (Å²) in [5.74, 6) is 1.84. The van der Waals surface area contributed by atoms with Crippen molar-refractivity contribution in [3.8, 4) is 11.5 Å². The maximum atomic E-state index is 12.2. The van der Waals surface area contributed by atoms with Gasteiger partial charge in [-0.15, -0.1) is 0 Å². The van der Waals surface area contributed by atoms with E-state index in [1.54, 1.807) is 19.2 Å². The molecule has 0 aliphatic heterocycles. The number of hydrogen-bond donors (Lipinski definition) is 1. The third kappa shape index (κ3) is 4.45. The molecule has 0 atom stereocenters. The lowest BCUT2D eigenvalue weighted by molar-refractivity contribution is 0.0919. The van der Waals surface area contributed by atoms with Gasteiger partial charge in [0.05, 0.1) is 7.11 Å². The molecule has 26 heavy (non-hydrogen) atoms. The second-order valence-electron chi connectivity index (χ2n) is 5.88. The molecule has 3 aromatic rings. The van der Waals surface area contributed by atoms with Gasteiger partial charge in [-0.2, -0.15) is 0 Å². The number of carbonyl (C=O) groups is 1. The number of benzene rings is 2. The number of aryl methyl sites for hydroxylation is 1. The Kier molecular flexibility index (Phi) is 5.59. The van der Waals surface area contributed by atoms with Gasteiger partial charge in [-0.1, -0.05) is 42.0 Å². The van der Waals surface area contributed by atoms with Gasteiger partial charge in [0.25, 0.3) is 5.91 Å². The number of amides is 1. The predicted molar refractivity (Wildman–Crippen MR) is 98.4 cm³/mol. The average Bonchev–Trinajstić information content (AvgIpc) is 3.14. The van der Waals surface area contributed by atoms with Gasteiger partial charge in [-0.25, -0.2) is 0 Å². The smallest absolute Gasteiger partial charge is 0.287 e. The number of hydrogen-bond acceptors (Lipinski definition) is 4. The van der Waals surface area contributed by atoms with Gasteiger partial charge in [-0.3, -0.25) is 4.79 Å². The molecule has 0 saturated carbocycles. The van der Waals surface area contributed by atoms with Crippen LogP contribution in [0.3, 0.4) is 0 Å². The summed E-state index contributed by atoms with van der Waals surface area (Å²) in [5, 5.41) is 2.85. The summed E-state index contributed by atoms with van der Waals surface area (Å²) in [4.78, 5) is 12.2. The Hall–Kier alpha value is -3.21. The Balaban J connectivity index is 1.56. The fourth-order valence-corrected chi connectivity index (χ4v) is 2.56. The van der Waals surface area contributed by atoms with E-state index in [1.807, 2.05) is 55.5 Å². The van der Waals surface area contributed by atoms with Crippen LogP contribution < -0.4 is 14.8 Å². The maximum absolute atomic E-state index is 12.2. The van der Waals surface area contributed by atoms with Crippen molar-refractivity contribution in [2.75, 3.05) is 7.11 Å². The van der Waals surface area contributed by atoms with Gasteiger partial charge in [-0.05, 0) is 36.8 Å². The van der Waals surface area contributed by atoms with E-state index in [4.69, 9.17) is 13.9 Å². The quantitative estimate of drug-likeness (QED) is 0.696. The van der Waals surface area contributed by atoms with E-state index < -0.39 is 0 Å². The lowest BCUT2D eigenvalue weighted by Crippen LogP contribution is -2.22. The molecule has 1 N–H and O–H groups in total. The van der Waals surface area contributed by atoms with Crippen LogP contribution in [0.4, 0.5) is 0 Å². The molecule has 0 aliphatic carbocycles. The highest BCUT2D eigenvalue weighted by Gasteiger charge is 2.12. The fourth-order valence-electron chi connectivity index (χ4n) is 2.56. The molecule has 5 nitrogen and oxygen atoms in total. The van der Waals surface area contributed by atoms with Crippen molar-refractivity contribution >= 4 is 5.91 Å². The molecule has 134 valence electrons. The summed E-state index contributed by atoms with van der Waals surface area (Å²) in [6.45, 7) is 2.69. The minimum Gasteiger partial charge on any atom is -0.493 e. The zero-order valence-corrected chi connectivity index (χ0v) is 14.8. The van der Waals surface area contributed by atoms with Crippen molar-refractivity contribution in [3.63, 3.8) is 0 Å². The van der Waals surface area contributed by atoms with Crippen LogP contribution in [0, 0.1) is 6.92 Å². The van der Waals surface area contributed by atoms with Gasteiger partial charge in [0, 0.05) is 6.54 Å². The lowest BCUT2D eigenvalue weighted by Gasteiger charge is -2.08. The molecule has 0 radical (unpaired) electrons. The van der Waals surface area contributed by atoms with Crippen LogP contribution in [0.15, 0.2) is 65.1 Å². The summed E-state index contributed by atoms with van der Waals surface area (Å²) in [7, 11) is 1.59. The molecule has 5 heteroatoms. The highest BCUT2D eigenvalue weighted by Crippen LogP contribution is 2.26. The van der Waals surface area contributed by atoms with Crippen LogP contribution in [0.2, 0.25) is 0 Å². The van der Waals surface area contributed by atoms with E-state index >= 15 is 0 Å². The van der Waals surface area contributed by atoms with Crippen molar-refractivity contribution in [2.45, 2.75) is 20.1 Å². The van der Waals surface area contributed by atoms with E-state index in [0.29, 0.717) is 23.8 Å². The Bertz CT molecular complexity index is 885. The number of para-hydroxylation sites is 2. The Morgan fingerprint density at radius 1 is 1.04 bits per heavy atom. The Labute approximate surface area is 152 Å². The van der Waals surface area contributed by atoms with Crippen molar-refractivity contribution < 1.29 is 18.7 Å². The van der Waals surface area contributed by atoms with Crippen LogP contribution in [-0.4, -0.2) is 13.0 Å². The Morgan fingerprint density at radius 2 is 1.85 bits per heavy atom. The maximum Gasteiger partial charge on any atom is 0.287 e. The zero-order valence-electron chi connectivity index (χ0n) is 14.8. The van der Waals surface area contributed by atoms with Crippen molar-refractivity contribution in [2.24, 2.45) is 0 Å². The van der Waals surface area contributed by atoms with E-state index in [9.17, 15) is 4.79 Å². The van der Waals surface area contributed by atoms with Crippen LogP contribution >= 0.6 is 0 Å². The van der Waals surface area contributed by atoms with E-state index in [0.717, 1.165) is 11.1 Å². The topological polar surface area (TPSA) is 60.7 Å². The number of methoxy groups -OCH3 is 1. The second-order valence-corrected chi connectivity index (χ2v) is 5.88. The molecule has 0 unspecified atom stereocenters. The molecular formula is C21H21NO4. The zero-order chi connectivity index (χ0) is 18.4. The number of ether oxygens (including phenoxy) is 2. The number of furan rings is 1. The van der Waals surface area contributed by atoms with E-state index in [2.05, 4.69) is 5.32 Å². The molecule has 0 fully saturated rings. The second kappa shape index (κ2) is 8.25. The Morgan fingerprint density at radius 3 is 2.62 bits per heavy atom. The van der Waals surface area contributed by atoms with Gasteiger partial charge in [0.1, 0.15) is 12.4 Å². The van der Waals surface area contributed by atoms with Gasteiger partial charge >= 0.3 is 0 Å². The van der Waals surface area contributed by atoms with Crippen molar-refractivity contribution in [3.05, 3.63) is 83.3 Å². The molecule has 0 aliphatic rings. The first kappa shape index (κ1) is 17.6. The monoisotopic (exact) mass is 351 g/mol. The minimum absolute atomic E-state index is 0.214. The van der Waals surface area contributed by atoms with E-state index in [1.165, 1.54) is 0 Å². The highest BCUT2D eigenvalue weighted by atomic mass is 16.5. The molecule has 0 saturated heterocycles. The van der Waals surface area contributed by atoms with Crippen LogP contribution in [-0.2, 0) is 13.2 Å².